The van der Waals surface area contributed by atoms with Gasteiger partial charge in [0.05, 0.1) is 6.10 Å². The maximum absolute atomic E-state index is 11.9. The van der Waals surface area contributed by atoms with E-state index in [9.17, 15) is 4.79 Å². The summed E-state index contributed by atoms with van der Waals surface area (Å²) in [7, 11) is 1.92. The Labute approximate surface area is 111 Å². The smallest absolute Gasteiger partial charge is 0.222 e. The summed E-state index contributed by atoms with van der Waals surface area (Å²) in [5.41, 5.74) is 0. The number of rotatable bonds is 7. The summed E-state index contributed by atoms with van der Waals surface area (Å²) in [5, 5.41) is 3.07. The van der Waals surface area contributed by atoms with Crippen LogP contribution in [0.4, 0.5) is 0 Å². The SMILES string of the molecule is CNCCCC(=O)N1CCC(OCC(C)C)CC1. The minimum Gasteiger partial charge on any atom is -0.378 e. The minimum atomic E-state index is 0.299. The Morgan fingerprint density at radius 1 is 1.39 bits per heavy atom. The van der Waals surface area contributed by atoms with Gasteiger partial charge in [0.25, 0.3) is 0 Å². The molecular weight excluding hydrogens is 228 g/mol. The zero-order chi connectivity index (χ0) is 13.4. The number of hydrogen-bond donors (Lipinski definition) is 1. The van der Waals surface area contributed by atoms with Crippen molar-refractivity contribution in [2.24, 2.45) is 5.92 Å². The number of ether oxygens (including phenoxy) is 1. The fraction of sp³-hybridized carbons (Fsp3) is 0.929. The maximum Gasteiger partial charge on any atom is 0.222 e. The molecule has 4 heteroatoms. The van der Waals surface area contributed by atoms with Crippen molar-refractivity contribution in [1.29, 1.82) is 0 Å². The second-order valence-corrected chi connectivity index (χ2v) is 5.51. The lowest BCUT2D eigenvalue weighted by Crippen LogP contribution is -2.41. The zero-order valence-corrected chi connectivity index (χ0v) is 12.1. The first-order valence-electron chi connectivity index (χ1n) is 7.17. The van der Waals surface area contributed by atoms with Crippen LogP contribution in [-0.4, -0.2) is 50.2 Å². The summed E-state index contributed by atoms with van der Waals surface area (Å²) >= 11 is 0. The molecule has 0 aliphatic carbocycles. The summed E-state index contributed by atoms with van der Waals surface area (Å²) in [6.45, 7) is 7.81. The van der Waals surface area contributed by atoms with Crippen molar-refractivity contribution in [3.63, 3.8) is 0 Å². The Morgan fingerprint density at radius 3 is 2.61 bits per heavy atom. The van der Waals surface area contributed by atoms with Gasteiger partial charge >= 0.3 is 0 Å². The fourth-order valence-electron chi connectivity index (χ4n) is 2.17. The van der Waals surface area contributed by atoms with E-state index in [1.807, 2.05) is 11.9 Å². The van der Waals surface area contributed by atoms with Gasteiger partial charge < -0.3 is 15.0 Å². The van der Waals surface area contributed by atoms with Crippen LogP contribution in [0.15, 0.2) is 0 Å². The number of likely N-dealkylation sites (tertiary alicyclic amines) is 1. The highest BCUT2D eigenvalue weighted by molar-refractivity contribution is 5.76. The van der Waals surface area contributed by atoms with E-state index in [0.29, 0.717) is 24.3 Å². The van der Waals surface area contributed by atoms with Crippen molar-refractivity contribution in [2.45, 2.75) is 45.6 Å². The third kappa shape index (κ3) is 5.83. The topological polar surface area (TPSA) is 41.6 Å². The molecule has 0 unspecified atom stereocenters. The number of carbonyl (C=O) groups is 1. The van der Waals surface area contributed by atoms with Crippen molar-refractivity contribution < 1.29 is 9.53 Å². The molecule has 18 heavy (non-hydrogen) atoms. The van der Waals surface area contributed by atoms with E-state index in [2.05, 4.69) is 19.2 Å². The van der Waals surface area contributed by atoms with E-state index in [-0.39, 0.29) is 0 Å². The van der Waals surface area contributed by atoms with Gasteiger partial charge in [-0.3, -0.25) is 4.79 Å². The number of hydrogen-bond acceptors (Lipinski definition) is 3. The highest BCUT2D eigenvalue weighted by atomic mass is 16.5. The van der Waals surface area contributed by atoms with Crippen molar-refractivity contribution in [1.82, 2.24) is 10.2 Å². The highest BCUT2D eigenvalue weighted by Gasteiger charge is 2.22. The Morgan fingerprint density at radius 2 is 2.06 bits per heavy atom. The standard InChI is InChI=1S/C14H28N2O2/c1-12(2)11-18-13-6-9-16(10-7-13)14(17)5-4-8-15-3/h12-13,15H,4-11H2,1-3H3. The van der Waals surface area contributed by atoms with Crippen molar-refractivity contribution in [3.8, 4) is 0 Å². The maximum atomic E-state index is 11.9. The van der Waals surface area contributed by atoms with Gasteiger partial charge in [-0.2, -0.15) is 0 Å². The van der Waals surface area contributed by atoms with E-state index in [0.717, 1.165) is 45.5 Å². The molecule has 0 aromatic carbocycles. The molecule has 0 aromatic heterocycles. The second kappa shape index (κ2) is 8.48. The molecule has 1 aliphatic heterocycles. The molecule has 0 saturated carbocycles. The van der Waals surface area contributed by atoms with Crippen LogP contribution in [0.3, 0.4) is 0 Å². The summed E-state index contributed by atoms with van der Waals surface area (Å²) in [5.74, 6) is 0.888. The predicted octanol–water partition coefficient (Wildman–Crippen LogP) is 1.65. The molecule has 1 aliphatic rings. The zero-order valence-electron chi connectivity index (χ0n) is 12.1. The number of nitrogens with zero attached hydrogens (tertiary/aromatic N) is 1. The molecule has 0 atom stereocenters. The Bertz CT molecular complexity index is 236. The Hall–Kier alpha value is -0.610. The molecule has 106 valence electrons. The number of amides is 1. The van der Waals surface area contributed by atoms with Gasteiger partial charge in [0.1, 0.15) is 0 Å². The molecule has 1 N–H and O–H groups in total. The molecule has 0 radical (unpaired) electrons. The quantitative estimate of drug-likeness (QED) is 0.704. The van der Waals surface area contributed by atoms with Gasteiger partial charge in [-0.05, 0) is 38.8 Å². The van der Waals surface area contributed by atoms with Crippen LogP contribution in [-0.2, 0) is 9.53 Å². The van der Waals surface area contributed by atoms with E-state index >= 15 is 0 Å². The van der Waals surface area contributed by atoms with Gasteiger partial charge in [-0.25, -0.2) is 0 Å². The summed E-state index contributed by atoms with van der Waals surface area (Å²) < 4.78 is 5.82. The van der Waals surface area contributed by atoms with Crippen LogP contribution in [0.1, 0.15) is 39.5 Å². The summed E-state index contributed by atoms with van der Waals surface area (Å²) in [4.78, 5) is 13.9. The lowest BCUT2D eigenvalue weighted by atomic mass is 10.1. The van der Waals surface area contributed by atoms with E-state index in [1.54, 1.807) is 0 Å². The normalized spacial score (nSPS) is 17.4. The van der Waals surface area contributed by atoms with Crippen LogP contribution in [0.2, 0.25) is 0 Å². The predicted molar refractivity (Wildman–Crippen MR) is 73.6 cm³/mol. The largest absolute Gasteiger partial charge is 0.378 e. The number of carbonyl (C=O) groups excluding carboxylic acids is 1. The minimum absolute atomic E-state index is 0.299. The van der Waals surface area contributed by atoms with Crippen LogP contribution >= 0.6 is 0 Å². The first kappa shape index (κ1) is 15.4. The molecule has 1 saturated heterocycles. The lowest BCUT2D eigenvalue weighted by molar-refractivity contribution is -0.134. The second-order valence-electron chi connectivity index (χ2n) is 5.51. The van der Waals surface area contributed by atoms with Gasteiger partial charge in [-0.1, -0.05) is 13.8 Å². The molecular formula is C14H28N2O2. The molecule has 0 bridgehead atoms. The third-order valence-electron chi connectivity index (χ3n) is 3.28. The molecule has 1 rings (SSSR count). The molecule has 1 heterocycles. The van der Waals surface area contributed by atoms with E-state index in [4.69, 9.17) is 4.74 Å². The fourth-order valence-corrected chi connectivity index (χ4v) is 2.17. The Kier molecular flexibility index (Phi) is 7.28. The van der Waals surface area contributed by atoms with Gasteiger partial charge in [-0.15, -0.1) is 0 Å². The van der Waals surface area contributed by atoms with Crippen molar-refractivity contribution in [3.05, 3.63) is 0 Å². The average Bonchev–Trinajstić information content (AvgIpc) is 2.37. The first-order chi connectivity index (χ1) is 8.63. The van der Waals surface area contributed by atoms with Gasteiger partial charge in [0.2, 0.25) is 5.91 Å². The summed E-state index contributed by atoms with van der Waals surface area (Å²) in [6, 6.07) is 0. The monoisotopic (exact) mass is 256 g/mol. The van der Waals surface area contributed by atoms with Crippen LogP contribution in [0, 0.1) is 5.92 Å². The molecule has 1 amide bonds. The van der Waals surface area contributed by atoms with Crippen LogP contribution in [0.25, 0.3) is 0 Å². The van der Waals surface area contributed by atoms with E-state index < -0.39 is 0 Å². The highest BCUT2D eigenvalue weighted by Crippen LogP contribution is 2.15. The average molecular weight is 256 g/mol. The molecule has 0 aromatic rings. The van der Waals surface area contributed by atoms with Gasteiger partial charge in [0, 0.05) is 26.1 Å². The van der Waals surface area contributed by atoms with Crippen molar-refractivity contribution in [2.75, 3.05) is 33.3 Å². The molecule has 0 spiro atoms. The van der Waals surface area contributed by atoms with E-state index in [1.165, 1.54) is 0 Å². The van der Waals surface area contributed by atoms with Crippen LogP contribution < -0.4 is 5.32 Å². The number of piperidine rings is 1. The van der Waals surface area contributed by atoms with Crippen molar-refractivity contribution >= 4 is 5.91 Å². The van der Waals surface area contributed by atoms with Gasteiger partial charge in [0.15, 0.2) is 0 Å². The third-order valence-corrected chi connectivity index (χ3v) is 3.28. The van der Waals surface area contributed by atoms with Crippen LogP contribution in [0.5, 0.6) is 0 Å². The number of nitrogens with one attached hydrogen (secondary N) is 1. The lowest BCUT2D eigenvalue weighted by Gasteiger charge is -2.32. The summed E-state index contributed by atoms with van der Waals surface area (Å²) in [6.07, 6.45) is 3.93. The Balaban J connectivity index is 2.16. The molecule has 1 fully saturated rings. The molecule has 4 nitrogen and oxygen atoms in total. The first-order valence-corrected chi connectivity index (χ1v) is 7.17.